The Kier molecular flexibility index (Phi) is 4.64. The molecule has 1 aromatic heterocycles. The summed E-state index contributed by atoms with van der Waals surface area (Å²) >= 11 is 1.78. The van der Waals surface area contributed by atoms with Crippen molar-refractivity contribution in [2.75, 3.05) is 13.6 Å². The fraction of sp³-hybridized carbons (Fsp3) is 0.800. The van der Waals surface area contributed by atoms with Gasteiger partial charge < -0.3 is 5.32 Å². The first-order chi connectivity index (χ1) is 8.87. The summed E-state index contributed by atoms with van der Waals surface area (Å²) in [6.45, 7) is 11.0. The zero-order valence-electron chi connectivity index (χ0n) is 12.9. The van der Waals surface area contributed by atoms with Crippen LogP contribution in [0.2, 0.25) is 0 Å². The molecule has 2 atom stereocenters. The van der Waals surface area contributed by atoms with Crippen molar-refractivity contribution in [3.8, 4) is 0 Å². The van der Waals surface area contributed by atoms with Crippen LogP contribution in [-0.2, 0) is 6.54 Å². The molecule has 0 saturated heterocycles. The molecule has 3 nitrogen and oxygen atoms in total. The van der Waals surface area contributed by atoms with E-state index in [0.29, 0.717) is 0 Å². The minimum absolute atomic E-state index is 0.229. The molecule has 0 bridgehead atoms. The van der Waals surface area contributed by atoms with Crippen LogP contribution in [0, 0.1) is 12.8 Å². The van der Waals surface area contributed by atoms with Crippen molar-refractivity contribution in [3.05, 3.63) is 16.1 Å². The maximum atomic E-state index is 4.34. The van der Waals surface area contributed by atoms with Crippen molar-refractivity contribution in [2.45, 2.75) is 58.7 Å². The first-order valence-electron chi connectivity index (χ1n) is 7.21. The Hall–Kier alpha value is -0.450. The molecular formula is C15H27N3S. The van der Waals surface area contributed by atoms with Gasteiger partial charge in [0.1, 0.15) is 0 Å². The van der Waals surface area contributed by atoms with E-state index in [9.17, 15) is 0 Å². The summed E-state index contributed by atoms with van der Waals surface area (Å²) in [5, 5.41) is 3.64. The highest BCUT2D eigenvalue weighted by atomic mass is 32.1. The standard InChI is InChI=1S/C15H27N3S/c1-11-14(19-10-16-11)9-18(5)13-7-6-12(13)8-17-15(2,3)4/h10,12-13,17H,6-9H2,1-5H3. The van der Waals surface area contributed by atoms with Crippen LogP contribution in [0.3, 0.4) is 0 Å². The second-order valence-electron chi connectivity index (χ2n) is 6.81. The van der Waals surface area contributed by atoms with Crippen molar-refractivity contribution in [1.29, 1.82) is 0 Å². The topological polar surface area (TPSA) is 28.2 Å². The number of hydrogen-bond donors (Lipinski definition) is 1. The van der Waals surface area contributed by atoms with Crippen LogP contribution in [-0.4, -0.2) is 35.1 Å². The van der Waals surface area contributed by atoms with E-state index < -0.39 is 0 Å². The van der Waals surface area contributed by atoms with Crippen LogP contribution in [0.5, 0.6) is 0 Å². The minimum Gasteiger partial charge on any atom is -0.312 e. The summed E-state index contributed by atoms with van der Waals surface area (Å²) in [6, 6.07) is 0.733. The molecule has 1 aromatic rings. The van der Waals surface area contributed by atoms with Crippen molar-refractivity contribution in [2.24, 2.45) is 5.92 Å². The molecule has 19 heavy (non-hydrogen) atoms. The first-order valence-corrected chi connectivity index (χ1v) is 8.09. The van der Waals surface area contributed by atoms with Crippen LogP contribution in [0.15, 0.2) is 5.51 Å². The summed E-state index contributed by atoms with van der Waals surface area (Å²) in [6.07, 6.45) is 2.70. The Morgan fingerprint density at radius 3 is 2.63 bits per heavy atom. The van der Waals surface area contributed by atoms with E-state index in [1.807, 2.05) is 5.51 Å². The zero-order chi connectivity index (χ0) is 14.0. The third-order valence-corrected chi connectivity index (χ3v) is 5.00. The fourth-order valence-electron chi connectivity index (χ4n) is 2.63. The van der Waals surface area contributed by atoms with Crippen LogP contribution in [0.25, 0.3) is 0 Å². The van der Waals surface area contributed by atoms with Gasteiger partial charge in [-0.15, -0.1) is 11.3 Å². The van der Waals surface area contributed by atoms with Gasteiger partial charge >= 0.3 is 0 Å². The predicted molar refractivity (Wildman–Crippen MR) is 82.6 cm³/mol. The summed E-state index contributed by atoms with van der Waals surface area (Å²) in [4.78, 5) is 8.27. The van der Waals surface area contributed by atoms with Gasteiger partial charge in [0.15, 0.2) is 0 Å². The van der Waals surface area contributed by atoms with E-state index in [0.717, 1.165) is 25.0 Å². The van der Waals surface area contributed by atoms with E-state index >= 15 is 0 Å². The molecule has 1 fully saturated rings. The lowest BCUT2D eigenvalue weighted by molar-refractivity contribution is 0.0743. The predicted octanol–water partition coefficient (Wildman–Crippen LogP) is 3.05. The molecule has 0 radical (unpaired) electrons. The molecule has 1 aliphatic carbocycles. The Bertz CT molecular complexity index is 408. The molecule has 0 amide bonds. The maximum absolute atomic E-state index is 4.34. The average molecular weight is 281 g/mol. The van der Waals surface area contributed by atoms with E-state index in [4.69, 9.17) is 0 Å². The van der Waals surface area contributed by atoms with E-state index in [-0.39, 0.29) is 5.54 Å². The molecular weight excluding hydrogens is 254 g/mol. The number of hydrogen-bond acceptors (Lipinski definition) is 4. The Morgan fingerprint density at radius 2 is 2.16 bits per heavy atom. The Balaban J connectivity index is 1.83. The van der Waals surface area contributed by atoms with Gasteiger partial charge in [-0.1, -0.05) is 0 Å². The van der Waals surface area contributed by atoms with Gasteiger partial charge in [-0.2, -0.15) is 0 Å². The SMILES string of the molecule is Cc1ncsc1CN(C)C1CCC1CNC(C)(C)C. The number of nitrogens with zero attached hydrogens (tertiary/aromatic N) is 2. The average Bonchev–Trinajstić information content (AvgIpc) is 2.61. The molecule has 2 unspecified atom stereocenters. The van der Waals surface area contributed by atoms with Gasteiger partial charge in [0.05, 0.1) is 11.2 Å². The van der Waals surface area contributed by atoms with Gasteiger partial charge in [0.25, 0.3) is 0 Å². The first kappa shape index (κ1) is 14.9. The number of aromatic nitrogens is 1. The van der Waals surface area contributed by atoms with Crippen LogP contribution in [0.4, 0.5) is 0 Å². The highest BCUT2D eigenvalue weighted by Gasteiger charge is 2.34. The third-order valence-electron chi connectivity index (χ3n) is 4.08. The number of aryl methyl sites for hydroxylation is 1. The van der Waals surface area contributed by atoms with Crippen molar-refractivity contribution >= 4 is 11.3 Å². The molecule has 2 rings (SSSR count). The minimum atomic E-state index is 0.229. The second kappa shape index (κ2) is 5.90. The zero-order valence-corrected chi connectivity index (χ0v) is 13.7. The Labute approximate surface area is 121 Å². The molecule has 1 N–H and O–H groups in total. The molecule has 0 aliphatic heterocycles. The molecule has 1 heterocycles. The van der Waals surface area contributed by atoms with Crippen LogP contribution < -0.4 is 5.32 Å². The van der Waals surface area contributed by atoms with Crippen LogP contribution in [0.1, 0.15) is 44.2 Å². The normalized spacial score (nSPS) is 23.7. The lowest BCUT2D eigenvalue weighted by Gasteiger charge is -2.44. The quantitative estimate of drug-likeness (QED) is 0.899. The van der Waals surface area contributed by atoms with E-state index in [1.165, 1.54) is 23.4 Å². The van der Waals surface area contributed by atoms with E-state index in [2.05, 4.69) is 49.9 Å². The van der Waals surface area contributed by atoms with Gasteiger partial charge in [-0.05, 0) is 60.0 Å². The maximum Gasteiger partial charge on any atom is 0.0798 e. The highest BCUT2D eigenvalue weighted by Crippen LogP contribution is 2.32. The van der Waals surface area contributed by atoms with Gasteiger partial charge in [0.2, 0.25) is 0 Å². The van der Waals surface area contributed by atoms with Crippen molar-refractivity contribution in [3.63, 3.8) is 0 Å². The molecule has 1 saturated carbocycles. The monoisotopic (exact) mass is 281 g/mol. The molecule has 4 heteroatoms. The highest BCUT2D eigenvalue weighted by molar-refractivity contribution is 7.09. The molecule has 108 valence electrons. The summed E-state index contributed by atoms with van der Waals surface area (Å²) in [7, 11) is 2.26. The number of nitrogens with one attached hydrogen (secondary N) is 1. The summed E-state index contributed by atoms with van der Waals surface area (Å²) < 4.78 is 0. The van der Waals surface area contributed by atoms with E-state index in [1.54, 1.807) is 11.3 Å². The molecule has 0 aromatic carbocycles. The van der Waals surface area contributed by atoms with Gasteiger partial charge in [-0.25, -0.2) is 4.98 Å². The second-order valence-corrected chi connectivity index (χ2v) is 7.75. The fourth-order valence-corrected chi connectivity index (χ4v) is 3.47. The van der Waals surface area contributed by atoms with Crippen LogP contribution >= 0.6 is 11.3 Å². The van der Waals surface area contributed by atoms with Gasteiger partial charge in [0, 0.05) is 23.0 Å². The molecule has 0 spiro atoms. The smallest absolute Gasteiger partial charge is 0.0798 e. The summed E-state index contributed by atoms with van der Waals surface area (Å²) in [5.74, 6) is 0.803. The Morgan fingerprint density at radius 1 is 1.42 bits per heavy atom. The third kappa shape index (κ3) is 4.01. The number of rotatable bonds is 5. The molecule has 1 aliphatic rings. The lowest BCUT2D eigenvalue weighted by Crippen LogP contribution is -2.51. The number of thiazole rings is 1. The lowest BCUT2D eigenvalue weighted by atomic mass is 9.78. The van der Waals surface area contributed by atoms with Gasteiger partial charge in [-0.3, -0.25) is 4.90 Å². The largest absolute Gasteiger partial charge is 0.312 e. The summed E-state index contributed by atoms with van der Waals surface area (Å²) in [5.41, 5.74) is 3.38. The van der Waals surface area contributed by atoms with Crippen molar-refractivity contribution in [1.82, 2.24) is 15.2 Å². The van der Waals surface area contributed by atoms with Crippen molar-refractivity contribution < 1.29 is 0 Å².